The van der Waals surface area contributed by atoms with Gasteiger partial charge in [-0.25, -0.2) is 9.37 Å². The quantitative estimate of drug-likeness (QED) is 0.315. The maximum Gasteiger partial charge on any atom is 0.266 e. The molecule has 5 aromatic rings. The molecule has 0 amide bonds. The number of hydrogen-bond donors (Lipinski definition) is 0. The van der Waals surface area contributed by atoms with Gasteiger partial charge in [-0.2, -0.15) is 0 Å². The highest BCUT2D eigenvalue weighted by atomic mass is 19.1. The summed E-state index contributed by atoms with van der Waals surface area (Å²) in [4.78, 5) is 17.7. The van der Waals surface area contributed by atoms with Crippen LogP contribution in [0.15, 0.2) is 71.5 Å². The van der Waals surface area contributed by atoms with Crippen LogP contribution in [-0.2, 0) is 0 Å². The number of fused-ring (bicyclic) bond motifs is 7. The first-order valence-corrected chi connectivity index (χ1v) is 7.65. The molecule has 0 spiro atoms. The lowest BCUT2D eigenvalue weighted by atomic mass is 10.1. The van der Waals surface area contributed by atoms with E-state index in [1.54, 1.807) is 10.5 Å². The van der Waals surface area contributed by atoms with E-state index < -0.39 is 5.82 Å². The second-order valence-corrected chi connectivity index (χ2v) is 5.80. The Hall–Kier alpha value is -3.27. The van der Waals surface area contributed by atoms with E-state index in [9.17, 15) is 9.18 Å². The van der Waals surface area contributed by atoms with Crippen molar-refractivity contribution >= 4 is 38.2 Å². The highest BCUT2D eigenvalue weighted by molar-refractivity contribution is 6.12. The highest BCUT2D eigenvalue weighted by Crippen LogP contribution is 2.28. The second kappa shape index (κ2) is 4.61. The van der Waals surface area contributed by atoms with Gasteiger partial charge in [0, 0.05) is 10.8 Å². The molecule has 3 aromatic carbocycles. The first-order valence-electron chi connectivity index (χ1n) is 7.65. The summed E-state index contributed by atoms with van der Waals surface area (Å²) in [5.74, 6) is -0.438. The van der Waals surface area contributed by atoms with E-state index in [-0.39, 0.29) is 10.9 Å². The fourth-order valence-corrected chi connectivity index (χ4v) is 3.37. The molecule has 0 fully saturated rings. The van der Waals surface area contributed by atoms with E-state index in [1.807, 2.05) is 48.5 Å². The average Bonchev–Trinajstić information content (AvgIpc) is 2.62. The summed E-state index contributed by atoms with van der Waals surface area (Å²) < 4.78 is 15.2. The van der Waals surface area contributed by atoms with E-state index in [0.717, 1.165) is 21.7 Å². The van der Waals surface area contributed by atoms with Crippen molar-refractivity contribution in [2.75, 3.05) is 0 Å². The van der Waals surface area contributed by atoms with Crippen molar-refractivity contribution in [2.24, 2.45) is 0 Å². The Morgan fingerprint density at radius 3 is 2.33 bits per heavy atom. The molecule has 4 heteroatoms. The molecule has 0 aliphatic heterocycles. The maximum atomic E-state index is 13.6. The molecule has 0 N–H and O–H groups in total. The monoisotopic (exact) mass is 314 g/mol. The van der Waals surface area contributed by atoms with Crippen LogP contribution in [0.4, 0.5) is 4.39 Å². The number of pyridine rings is 1. The van der Waals surface area contributed by atoms with Crippen LogP contribution in [0.1, 0.15) is 0 Å². The molecule has 0 unspecified atom stereocenters. The van der Waals surface area contributed by atoms with Gasteiger partial charge in [-0.3, -0.25) is 9.20 Å². The molecule has 0 aliphatic rings. The van der Waals surface area contributed by atoms with Crippen molar-refractivity contribution in [1.82, 2.24) is 9.38 Å². The lowest BCUT2D eigenvalue weighted by molar-refractivity contribution is 0.629. The van der Waals surface area contributed by atoms with Gasteiger partial charge in [-0.05, 0) is 29.7 Å². The first-order chi connectivity index (χ1) is 11.7. The van der Waals surface area contributed by atoms with Gasteiger partial charge in [-0.1, -0.05) is 42.5 Å². The molecule has 0 bridgehead atoms. The van der Waals surface area contributed by atoms with Crippen molar-refractivity contribution in [2.45, 2.75) is 0 Å². The maximum absolute atomic E-state index is 13.6. The summed E-state index contributed by atoms with van der Waals surface area (Å²) in [5, 5.41) is 3.20. The van der Waals surface area contributed by atoms with Crippen LogP contribution in [0.3, 0.4) is 0 Å². The standard InChI is InChI=1S/C20H11FN2O/c21-12-9-10-17-16(11-12)20(24)23-18-8-4-3-6-14(18)13-5-1-2-7-15(13)19(23)22-17/h1-11H. The van der Waals surface area contributed by atoms with Crippen LogP contribution in [0, 0.1) is 5.82 Å². The summed E-state index contributed by atoms with van der Waals surface area (Å²) in [6.45, 7) is 0. The minimum Gasteiger partial charge on any atom is -0.268 e. The van der Waals surface area contributed by atoms with Crippen LogP contribution in [-0.4, -0.2) is 9.38 Å². The molecule has 3 nitrogen and oxygen atoms in total. The Morgan fingerprint density at radius 2 is 1.50 bits per heavy atom. The van der Waals surface area contributed by atoms with Crippen LogP contribution in [0.25, 0.3) is 38.2 Å². The largest absolute Gasteiger partial charge is 0.268 e. The molecule has 0 saturated carbocycles. The van der Waals surface area contributed by atoms with Crippen molar-refractivity contribution < 1.29 is 4.39 Å². The van der Waals surface area contributed by atoms with Crippen LogP contribution >= 0.6 is 0 Å². The predicted octanol–water partition coefficient (Wildman–Crippen LogP) is 4.29. The topological polar surface area (TPSA) is 34.4 Å². The van der Waals surface area contributed by atoms with Gasteiger partial charge in [0.25, 0.3) is 5.56 Å². The van der Waals surface area contributed by atoms with E-state index in [2.05, 4.69) is 4.98 Å². The molecule has 114 valence electrons. The van der Waals surface area contributed by atoms with E-state index in [0.29, 0.717) is 11.2 Å². The fraction of sp³-hybridized carbons (Fsp3) is 0. The highest BCUT2D eigenvalue weighted by Gasteiger charge is 2.13. The van der Waals surface area contributed by atoms with E-state index >= 15 is 0 Å². The van der Waals surface area contributed by atoms with Crippen molar-refractivity contribution in [3.63, 3.8) is 0 Å². The SMILES string of the molecule is O=c1c2cc(F)ccc2nc2c3ccccc3c3ccccc3n12. The van der Waals surface area contributed by atoms with Gasteiger partial charge in [0.1, 0.15) is 11.5 Å². The summed E-state index contributed by atoms with van der Waals surface area (Å²) in [6.07, 6.45) is 0. The molecule has 5 rings (SSSR count). The summed E-state index contributed by atoms with van der Waals surface area (Å²) in [6, 6.07) is 19.7. The second-order valence-electron chi connectivity index (χ2n) is 5.80. The molecule has 0 atom stereocenters. The number of benzene rings is 3. The third-order valence-corrected chi connectivity index (χ3v) is 4.43. The lowest BCUT2D eigenvalue weighted by Crippen LogP contribution is -2.16. The Kier molecular flexibility index (Phi) is 2.54. The minimum absolute atomic E-state index is 0.253. The number of halogens is 1. The minimum atomic E-state index is -0.438. The van der Waals surface area contributed by atoms with Gasteiger partial charge < -0.3 is 0 Å². The van der Waals surface area contributed by atoms with Crippen molar-refractivity contribution in [3.05, 3.63) is 82.9 Å². The third-order valence-electron chi connectivity index (χ3n) is 4.43. The van der Waals surface area contributed by atoms with Gasteiger partial charge in [-0.15, -0.1) is 0 Å². The summed E-state index contributed by atoms with van der Waals surface area (Å²) >= 11 is 0. The average molecular weight is 314 g/mol. The zero-order valence-electron chi connectivity index (χ0n) is 12.5. The smallest absolute Gasteiger partial charge is 0.266 e. The molecular weight excluding hydrogens is 303 g/mol. The number of aromatic nitrogens is 2. The van der Waals surface area contributed by atoms with Crippen LogP contribution in [0.2, 0.25) is 0 Å². The van der Waals surface area contributed by atoms with Gasteiger partial charge >= 0.3 is 0 Å². The lowest BCUT2D eigenvalue weighted by Gasteiger charge is -2.11. The number of nitrogens with zero attached hydrogens (tertiary/aromatic N) is 2. The number of para-hydroxylation sites is 1. The predicted molar refractivity (Wildman–Crippen MR) is 93.9 cm³/mol. The van der Waals surface area contributed by atoms with Crippen molar-refractivity contribution in [3.8, 4) is 0 Å². The molecule has 2 aromatic heterocycles. The van der Waals surface area contributed by atoms with Gasteiger partial charge in [0.15, 0.2) is 0 Å². The first kappa shape index (κ1) is 13.2. The van der Waals surface area contributed by atoms with Gasteiger partial charge in [0.2, 0.25) is 0 Å². The van der Waals surface area contributed by atoms with Crippen molar-refractivity contribution in [1.29, 1.82) is 0 Å². The molecule has 0 radical (unpaired) electrons. The number of hydrogen-bond acceptors (Lipinski definition) is 2. The zero-order chi connectivity index (χ0) is 16.3. The Bertz CT molecular complexity index is 1340. The zero-order valence-corrected chi connectivity index (χ0v) is 12.5. The summed E-state index contributed by atoms with van der Waals surface area (Å²) in [7, 11) is 0. The normalized spacial score (nSPS) is 11.7. The molecular formula is C20H11FN2O. The van der Waals surface area contributed by atoms with Crippen LogP contribution < -0.4 is 5.56 Å². The summed E-state index contributed by atoms with van der Waals surface area (Å²) in [5.41, 5.74) is 1.61. The van der Waals surface area contributed by atoms with Crippen LogP contribution in [0.5, 0.6) is 0 Å². The molecule has 0 aliphatic carbocycles. The number of rotatable bonds is 0. The Morgan fingerprint density at radius 1 is 0.792 bits per heavy atom. The van der Waals surface area contributed by atoms with Gasteiger partial charge in [0.05, 0.1) is 16.4 Å². The van der Waals surface area contributed by atoms with E-state index in [1.165, 1.54) is 12.1 Å². The van der Waals surface area contributed by atoms with E-state index in [4.69, 9.17) is 0 Å². The third kappa shape index (κ3) is 1.65. The molecule has 2 heterocycles. The Balaban J connectivity index is 2.21. The molecule has 24 heavy (non-hydrogen) atoms. The Labute approximate surface area is 135 Å². The molecule has 0 saturated heterocycles. The fourth-order valence-electron chi connectivity index (χ4n) is 3.37.